The molecule has 0 fully saturated rings. The van der Waals surface area contributed by atoms with E-state index in [2.05, 4.69) is 215 Å². The van der Waals surface area contributed by atoms with Crippen LogP contribution in [0.25, 0.3) is 132 Å². The van der Waals surface area contributed by atoms with Gasteiger partial charge in [0.05, 0.1) is 22.1 Å². The molecule has 0 spiro atoms. The summed E-state index contributed by atoms with van der Waals surface area (Å²) >= 11 is 0. The molecular formula is C60H36N2O2. The Labute approximate surface area is 367 Å². The van der Waals surface area contributed by atoms with Crippen LogP contribution >= 0.6 is 0 Å². The highest BCUT2D eigenvalue weighted by Gasteiger charge is 2.23. The van der Waals surface area contributed by atoms with Crippen molar-refractivity contribution in [2.45, 2.75) is 0 Å². The number of hydrogen-bond acceptors (Lipinski definition) is 2. The molecule has 14 aromatic rings. The molecule has 0 amide bonds. The smallest absolute Gasteiger partial charge is 0.143 e. The molecule has 4 aromatic heterocycles. The van der Waals surface area contributed by atoms with Crippen molar-refractivity contribution >= 4 is 87.5 Å². The number of para-hydroxylation sites is 7. The van der Waals surface area contributed by atoms with E-state index in [1.807, 2.05) is 12.1 Å². The Kier molecular flexibility index (Phi) is 7.36. The fourth-order valence-corrected chi connectivity index (χ4v) is 10.5. The lowest BCUT2D eigenvalue weighted by atomic mass is 9.92. The largest absolute Gasteiger partial charge is 0.455 e. The molecule has 4 heteroatoms. The molecule has 0 saturated heterocycles. The Bertz CT molecular complexity index is 4180. The molecule has 4 heterocycles. The fourth-order valence-electron chi connectivity index (χ4n) is 10.5. The van der Waals surface area contributed by atoms with Gasteiger partial charge in [-0.05, 0) is 101 Å². The summed E-state index contributed by atoms with van der Waals surface area (Å²) < 4.78 is 18.3. The van der Waals surface area contributed by atoms with Crippen molar-refractivity contribution in [2.24, 2.45) is 0 Å². The van der Waals surface area contributed by atoms with Gasteiger partial charge in [-0.1, -0.05) is 140 Å². The summed E-state index contributed by atoms with van der Waals surface area (Å²) in [4.78, 5) is 0. The summed E-state index contributed by atoms with van der Waals surface area (Å²) in [7, 11) is 0. The zero-order valence-corrected chi connectivity index (χ0v) is 34.5. The molecule has 0 aliphatic rings. The average molecular weight is 817 g/mol. The van der Waals surface area contributed by atoms with Crippen LogP contribution in [0.1, 0.15) is 0 Å². The second-order valence-corrected chi connectivity index (χ2v) is 16.8. The lowest BCUT2D eigenvalue weighted by molar-refractivity contribution is 0.670. The van der Waals surface area contributed by atoms with E-state index in [4.69, 9.17) is 8.83 Å². The van der Waals surface area contributed by atoms with Gasteiger partial charge in [-0.25, -0.2) is 0 Å². The standard InChI is InChI=1S/C60H36N2O2/c1-3-15-40(16-4-1)61-52-26-10-7-19-43(52)49-33-37(29-31-53(49)61)38-30-32-54-51(34-38)58-50(48-25-14-24-47-45-21-9-12-28-57(45)64-60(47)48)35-39(36-55(58)62(54)41-17-5-2-6-18-41)42-22-13-23-46-44-20-8-11-27-56(44)63-59(42)46/h1-36H. The highest BCUT2D eigenvalue weighted by Crippen LogP contribution is 2.47. The van der Waals surface area contributed by atoms with E-state index in [1.54, 1.807) is 0 Å². The third kappa shape index (κ3) is 5.05. The van der Waals surface area contributed by atoms with Crippen LogP contribution in [0.5, 0.6) is 0 Å². The van der Waals surface area contributed by atoms with Crippen molar-refractivity contribution in [3.05, 3.63) is 218 Å². The minimum Gasteiger partial charge on any atom is -0.455 e. The van der Waals surface area contributed by atoms with Gasteiger partial charge >= 0.3 is 0 Å². The first-order chi connectivity index (χ1) is 31.7. The van der Waals surface area contributed by atoms with Crippen molar-refractivity contribution < 1.29 is 8.83 Å². The quantitative estimate of drug-likeness (QED) is 0.173. The highest BCUT2D eigenvalue weighted by molar-refractivity contribution is 6.22. The first-order valence-electron chi connectivity index (χ1n) is 21.8. The molecule has 298 valence electrons. The molecule has 0 N–H and O–H groups in total. The first kappa shape index (κ1) is 35.0. The number of hydrogen-bond donors (Lipinski definition) is 0. The maximum Gasteiger partial charge on any atom is 0.143 e. The Balaban J connectivity index is 1.09. The Morgan fingerprint density at radius 1 is 0.266 bits per heavy atom. The summed E-state index contributed by atoms with van der Waals surface area (Å²) in [5, 5.41) is 9.21. The Hall–Kier alpha value is -8.60. The van der Waals surface area contributed by atoms with Gasteiger partial charge in [-0.3, -0.25) is 0 Å². The van der Waals surface area contributed by atoms with Gasteiger partial charge in [-0.15, -0.1) is 0 Å². The highest BCUT2D eigenvalue weighted by atomic mass is 16.3. The first-order valence-corrected chi connectivity index (χ1v) is 21.8. The summed E-state index contributed by atoms with van der Waals surface area (Å²) in [5.74, 6) is 0. The van der Waals surface area contributed by atoms with Crippen LogP contribution in [-0.4, -0.2) is 9.13 Å². The third-order valence-corrected chi connectivity index (χ3v) is 13.3. The molecule has 0 aliphatic carbocycles. The summed E-state index contributed by atoms with van der Waals surface area (Å²) in [6.07, 6.45) is 0. The minimum atomic E-state index is 0.876. The van der Waals surface area contributed by atoms with Gasteiger partial charge in [0, 0.05) is 65.6 Å². The van der Waals surface area contributed by atoms with Crippen molar-refractivity contribution in [1.29, 1.82) is 0 Å². The zero-order valence-electron chi connectivity index (χ0n) is 34.5. The van der Waals surface area contributed by atoms with Crippen LogP contribution in [0.3, 0.4) is 0 Å². The van der Waals surface area contributed by atoms with Gasteiger partial charge in [0.15, 0.2) is 0 Å². The lowest BCUT2D eigenvalue weighted by Crippen LogP contribution is -1.94. The molecule has 14 rings (SSSR count). The minimum absolute atomic E-state index is 0.876. The maximum atomic E-state index is 6.82. The summed E-state index contributed by atoms with van der Waals surface area (Å²) in [6.45, 7) is 0. The lowest BCUT2D eigenvalue weighted by Gasteiger charge is -2.13. The van der Waals surface area contributed by atoms with E-state index in [-0.39, 0.29) is 0 Å². The van der Waals surface area contributed by atoms with E-state index in [9.17, 15) is 0 Å². The van der Waals surface area contributed by atoms with Crippen LogP contribution in [0.15, 0.2) is 227 Å². The van der Waals surface area contributed by atoms with Crippen LogP contribution in [-0.2, 0) is 0 Å². The zero-order chi connectivity index (χ0) is 41.9. The van der Waals surface area contributed by atoms with Gasteiger partial charge in [0.2, 0.25) is 0 Å². The number of furan rings is 2. The van der Waals surface area contributed by atoms with E-state index in [0.717, 1.165) is 99.5 Å². The van der Waals surface area contributed by atoms with Crippen molar-refractivity contribution in [2.75, 3.05) is 0 Å². The molecule has 0 aliphatic heterocycles. The molecule has 10 aromatic carbocycles. The van der Waals surface area contributed by atoms with Gasteiger partial charge in [-0.2, -0.15) is 0 Å². The molecule has 0 bridgehead atoms. The van der Waals surface area contributed by atoms with Gasteiger partial charge < -0.3 is 18.0 Å². The Morgan fingerprint density at radius 3 is 1.41 bits per heavy atom. The molecular weight excluding hydrogens is 781 g/mol. The van der Waals surface area contributed by atoms with Crippen LogP contribution in [0.2, 0.25) is 0 Å². The van der Waals surface area contributed by atoms with Crippen LogP contribution in [0.4, 0.5) is 0 Å². The molecule has 4 nitrogen and oxygen atoms in total. The van der Waals surface area contributed by atoms with Crippen molar-refractivity contribution in [1.82, 2.24) is 9.13 Å². The second kappa shape index (κ2) is 13.4. The summed E-state index contributed by atoms with van der Waals surface area (Å²) in [5.41, 5.74) is 17.0. The summed E-state index contributed by atoms with van der Waals surface area (Å²) in [6, 6.07) is 78.5. The van der Waals surface area contributed by atoms with Crippen LogP contribution < -0.4 is 0 Å². The van der Waals surface area contributed by atoms with Crippen LogP contribution in [0, 0.1) is 0 Å². The number of aromatic nitrogens is 2. The van der Waals surface area contributed by atoms with Gasteiger partial charge in [0.1, 0.15) is 22.3 Å². The number of benzene rings is 10. The molecule has 0 saturated carbocycles. The predicted octanol–water partition coefficient (Wildman–Crippen LogP) is 16.7. The van der Waals surface area contributed by atoms with E-state index < -0.39 is 0 Å². The molecule has 0 atom stereocenters. The van der Waals surface area contributed by atoms with E-state index in [0.29, 0.717) is 0 Å². The SMILES string of the molecule is c1ccc(-n2c3ccccc3c3cc(-c4ccc5c(c4)c4c(-c6cccc7c6oc6ccccc67)cc(-c6cccc7c6oc6ccccc67)cc4n5-c4ccccc4)ccc32)cc1. The normalized spacial score (nSPS) is 12.1. The number of fused-ring (bicyclic) bond motifs is 12. The average Bonchev–Trinajstić information content (AvgIpc) is 4.11. The van der Waals surface area contributed by atoms with Crippen molar-refractivity contribution in [3.63, 3.8) is 0 Å². The maximum absolute atomic E-state index is 6.82. The Morgan fingerprint density at radius 2 is 0.750 bits per heavy atom. The van der Waals surface area contributed by atoms with Gasteiger partial charge in [0.25, 0.3) is 0 Å². The number of nitrogens with zero attached hydrogens (tertiary/aromatic N) is 2. The number of rotatable bonds is 5. The molecule has 0 unspecified atom stereocenters. The molecule has 64 heavy (non-hydrogen) atoms. The predicted molar refractivity (Wildman–Crippen MR) is 266 cm³/mol. The van der Waals surface area contributed by atoms with E-state index in [1.165, 1.54) is 32.8 Å². The molecule has 0 radical (unpaired) electrons. The van der Waals surface area contributed by atoms with E-state index >= 15 is 0 Å². The topological polar surface area (TPSA) is 36.1 Å². The second-order valence-electron chi connectivity index (χ2n) is 16.8. The van der Waals surface area contributed by atoms with Crippen molar-refractivity contribution in [3.8, 4) is 44.8 Å². The monoisotopic (exact) mass is 816 g/mol. The fraction of sp³-hybridized carbons (Fsp3) is 0. The third-order valence-electron chi connectivity index (χ3n) is 13.3.